The molecule has 1 N–H and O–H groups in total. The summed E-state index contributed by atoms with van der Waals surface area (Å²) in [5.74, 6) is 1.66. The van der Waals surface area contributed by atoms with Crippen LogP contribution < -0.4 is 10.1 Å². The average Bonchev–Trinajstić information content (AvgIpc) is 2.41. The number of hydrogen-bond donors (Lipinski definition) is 1. The zero-order valence-electron chi connectivity index (χ0n) is 11.1. The number of nitrogens with zero attached hydrogens (tertiary/aromatic N) is 1. The molecule has 0 atom stereocenters. The van der Waals surface area contributed by atoms with Crippen LogP contribution in [0.5, 0.6) is 5.75 Å². The maximum Gasteiger partial charge on any atom is 0.130 e. The normalized spacial score (nSPS) is 10.3. The van der Waals surface area contributed by atoms with Crippen LogP contribution in [-0.2, 0) is 6.61 Å². The Morgan fingerprint density at radius 1 is 1.26 bits per heavy atom. The van der Waals surface area contributed by atoms with Gasteiger partial charge < -0.3 is 10.1 Å². The summed E-state index contributed by atoms with van der Waals surface area (Å²) in [6.45, 7) is 5.32. The molecule has 0 aliphatic carbocycles. The summed E-state index contributed by atoms with van der Waals surface area (Å²) in [6.07, 6.45) is 0. The molecule has 4 heteroatoms. The quantitative estimate of drug-likeness (QED) is 0.894. The summed E-state index contributed by atoms with van der Waals surface area (Å²) < 4.78 is 5.76. The molecule has 1 aromatic carbocycles. The van der Waals surface area contributed by atoms with Crippen molar-refractivity contribution in [3.05, 3.63) is 52.7 Å². The smallest absolute Gasteiger partial charge is 0.130 e. The minimum atomic E-state index is 0.431. The molecule has 100 valence electrons. The van der Waals surface area contributed by atoms with E-state index in [2.05, 4.69) is 10.3 Å². The number of aryl methyl sites for hydroxylation is 1. The molecule has 0 bridgehead atoms. The van der Waals surface area contributed by atoms with Crippen LogP contribution in [0.3, 0.4) is 0 Å². The first-order chi connectivity index (χ1) is 9.19. The van der Waals surface area contributed by atoms with Gasteiger partial charge in [-0.15, -0.1) is 0 Å². The van der Waals surface area contributed by atoms with E-state index >= 15 is 0 Å². The van der Waals surface area contributed by atoms with Crippen molar-refractivity contribution in [2.45, 2.75) is 20.5 Å². The highest BCUT2D eigenvalue weighted by molar-refractivity contribution is 6.30. The van der Waals surface area contributed by atoms with Crippen molar-refractivity contribution in [3.8, 4) is 5.75 Å². The molecule has 0 aliphatic heterocycles. The molecular formula is C15H17ClN2O. The monoisotopic (exact) mass is 276 g/mol. The Labute approximate surface area is 118 Å². The Bertz CT molecular complexity index is 558. The van der Waals surface area contributed by atoms with Gasteiger partial charge in [0.15, 0.2) is 0 Å². The predicted octanol–water partition coefficient (Wildman–Crippen LogP) is 4.05. The van der Waals surface area contributed by atoms with E-state index in [4.69, 9.17) is 16.3 Å². The number of ether oxygens (including phenoxy) is 1. The summed E-state index contributed by atoms with van der Waals surface area (Å²) in [6, 6.07) is 11.5. The van der Waals surface area contributed by atoms with Gasteiger partial charge in [0.05, 0.1) is 5.69 Å². The van der Waals surface area contributed by atoms with Gasteiger partial charge in [0.2, 0.25) is 0 Å². The highest BCUT2D eigenvalue weighted by Gasteiger charge is 2.03. The van der Waals surface area contributed by atoms with E-state index in [-0.39, 0.29) is 0 Å². The third-order valence-electron chi connectivity index (χ3n) is 2.69. The van der Waals surface area contributed by atoms with Crippen LogP contribution in [0.4, 0.5) is 5.82 Å². The van der Waals surface area contributed by atoms with Crippen LogP contribution in [0.15, 0.2) is 36.4 Å². The van der Waals surface area contributed by atoms with Gasteiger partial charge >= 0.3 is 0 Å². The van der Waals surface area contributed by atoms with Crippen LogP contribution in [0.2, 0.25) is 5.02 Å². The third kappa shape index (κ3) is 3.86. The number of benzene rings is 1. The van der Waals surface area contributed by atoms with Crippen molar-refractivity contribution < 1.29 is 4.74 Å². The van der Waals surface area contributed by atoms with E-state index in [1.54, 1.807) is 0 Å². The molecule has 0 saturated carbocycles. The zero-order valence-corrected chi connectivity index (χ0v) is 11.9. The topological polar surface area (TPSA) is 34.1 Å². The summed E-state index contributed by atoms with van der Waals surface area (Å²) in [7, 11) is 0. The number of aromatic nitrogens is 1. The Morgan fingerprint density at radius 2 is 2.11 bits per heavy atom. The lowest BCUT2D eigenvalue weighted by Crippen LogP contribution is -2.03. The second kappa shape index (κ2) is 6.43. The van der Waals surface area contributed by atoms with Crippen molar-refractivity contribution in [2.24, 2.45) is 0 Å². The second-order valence-corrected chi connectivity index (χ2v) is 4.68. The largest absolute Gasteiger partial charge is 0.487 e. The van der Waals surface area contributed by atoms with Crippen LogP contribution >= 0.6 is 11.6 Å². The molecule has 0 unspecified atom stereocenters. The summed E-state index contributed by atoms with van der Waals surface area (Å²) in [4.78, 5) is 4.46. The van der Waals surface area contributed by atoms with Crippen LogP contribution in [0.25, 0.3) is 0 Å². The van der Waals surface area contributed by atoms with Crippen LogP contribution in [-0.4, -0.2) is 11.5 Å². The molecule has 1 heterocycles. The summed E-state index contributed by atoms with van der Waals surface area (Å²) >= 11 is 5.96. The van der Waals surface area contributed by atoms with Crippen LogP contribution in [0, 0.1) is 6.92 Å². The molecule has 0 saturated heterocycles. The molecule has 0 amide bonds. The van der Waals surface area contributed by atoms with Gasteiger partial charge in [0, 0.05) is 11.6 Å². The van der Waals surface area contributed by atoms with Gasteiger partial charge in [0.1, 0.15) is 18.2 Å². The lowest BCUT2D eigenvalue weighted by molar-refractivity contribution is 0.299. The fourth-order valence-corrected chi connectivity index (χ4v) is 1.88. The molecule has 3 nitrogen and oxygen atoms in total. The predicted molar refractivity (Wildman–Crippen MR) is 78.9 cm³/mol. The van der Waals surface area contributed by atoms with E-state index in [9.17, 15) is 0 Å². The molecule has 0 fully saturated rings. The van der Waals surface area contributed by atoms with Gasteiger partial charge in [-0.2, -0.15) is 0 Å². The number of anilines is 1. The Hall–Kier alpha value is -1.74. The molecule has 0 spiro atoms. The van der Waals surface area contributed by atoms with Crippen molar-refractivity contribution in [3.63, 3.8) is 0 Å². The first-order valence-corrected chi connectivity index (χ1v) is 6.65. The molecule has 1 aromatic heterocycles. The van der Waals surface area contributed by atoms with E-state index in [0.717, 1.165) is 29.4 Å². The molecular weight excluding hydrogens is 260 g/mol. The highest BCUT2D eigenvalue weighted by atomic mass is 35.5. The number of rotatable bonds is 5. The molecule has 19 heavy (non-hydrogen) atoms. The maximum absolute atomic E-state index is 5.96. The molecule has 0 aliphatic rings. The third-order valence-corrected chi connectivity index (χ3v) is 2.93. The van der Waals surface area contributed by atoms with Crippen molar-refractivity contribution in [1.82, 2.24) is 4.98 Å². The van der Waals surface area contributed by atoms with E-state index in [0.29, 0.717) is 11.6 Å². The Balaban J connectivity index is 2.05. The van der Waals surface area contributed by atoms with Gasteiger partial charge in [-0.25, -0.2) is 4.98 Å². The SMILES string of the molecule is CCNc1cccc(COc2cc(Cl)ccc2C)n1. The first kappa shape index (κ1) is 13.7. The van der Waals surface area contributed by atoms with E-state index in [1.165, 1.54) is 0 Å². The average molecular weight is 277 g/mol. The fourth-order valence-electron chi connectivity index (χ4n) is 1.72. The molecule has 0 radical (unpaired) electrons. The minimum Gasteiger partial charge on any atom is -0.487 e. The number of halogens is 1. The van der Waals surface area contributed by atoms with Gasteiger partial charge in [-0.05, 0) is 43.7 Å². The number of pyridine rings is 1. The maximum atomic E-state index is 5.96. The second-order valence-electron chi connectivity index (χ2n) is 4.24. The van der Waals surface area contributed by atoms with Crippen molar-refractivity contribution in [1.29, 1.82) is 0 Å². The number of hydrogen-bond acceptors (Lipinski definition) is 3. The van der Waals surface area contributed by atoms with Crippen LogP contribution in [0.1, 0.15) is 18.2 Å². The van der Waals surface area contributed by atoms with E-state index < -0.39 is 0 Å². The van der Waals surface area contributed by atoms with Gasteiger partial charge in [0.25, 0.3) is 0 Å². The minimum absolute atomic E-state index is 0.431. The molecule has 2 aromatic rings. The molecule has 2 rings (SSSR count). The summed E-state index contributed by atoms with van der Waals surface area (Å²) in [5, 5.41) is 3.85. The Morgan fingerprint density at radius 3 is 2.89 bits per heavy atom. The fraction of sp³-hybridized carbons (Fsp3) is 0.267. The van der Waals surface area contributed by atoms with Gasteiger partial charge in [-0.1, -0.05) is 23.7 Å². The zero-order chi connectivity index (χ0) is 13.7. The van der Waals surface area contributed by atoms with Gasteiger partial charge in [-0.3, -0.25) is 0 Å². The lowest BCUT2D eigenvalue weighted by atomic mass is 10.2. The summed E-state index contributed by atoms with van der Waals surface area (Å²) in [5.41, 5.74) is 1.95. The van der Waals surface area contributed by atoms with Crippen molar-refractivity contribution >= 4 is 17.4 Å². The highest BCUT2D eigenvalue weighted by Crippen LogP contribution is 2.23. The lowest BCUT2D eigenvalue weighted by Gasteiger charge is -2.10. The van der Waals surface area contributed by atoms with E-state index in [1.807, 2.05) is 50.2 Å². The van der Waals surface area contributed by atoms with Crippen molar-refractivity contribution in [2.75, 3.05) is 11.9 Å². The number of nitrogens with one attached hydrogen (secondary N) is 1. The standard InChI is InChI=1S/C15H17ClN2O/c1-3-17-15-6-4-5-13(18-15)10-19-14-9-12(16)8-7-11(14)2/h4-9H,3,10H2,1-2H3,(H,17,18). The first-order valence-electron chi connectivity index (χ1n) is 6.28. The Kier molecular flexibility index (Phi) is 4.63.